The summed E-state index contributed by atoms with van der Waals surface area (Å²) in [5.41, 5.74) is 3.83. The number of anilines is 3. The molecule has 20 heavy (non-hydrogen) atoms. The molecule has 0 radical (unpaired) electrons. The second-order valence-electron chi connectivity index (χ2n) is 5.00. The highest BCUT2D eigenvalue weighted by atomic mass is 15.3. The first kappa shape index (κ1) is 12.5. The summed E-state index contributed by atoms with van der Waals surface area (Å²) >= 11 is 0. The van der Waals surface area contributed by atoms with Crippen LogP contribution in [0, 0.1) is 18.3 Å². The molecular weight excluding hydrogens is 248 g/mol. The first-order chi connectivity index (χ1) is 9.70. The number of aryl methyl sites for hydroxylation is 1. The normalized spacial score (nSPS) is 13.8. The van der Waals surface area contributed by atoms with Gasteiger partial charge in [0.2, 0.25) is 0 Å². The molecule has 0 saturated carbocycles. The molecular formula is C16H16N4. The van der Waals surface area contributed by atoms with Crippen LogP contribution in [0.4, 0.5) is 17.2 Å². The molecule has 0 N–H and O–H groups in total. The first-order valence-corrected chi connectivity index (χ1v) is 6.66. The number of likely N-dealkylation sites (N-methyl/N-ethyl adjacent to an activating group) is 1. The maximum Gasteiger partial charge on any atom is 0.151 e. The monoisotopic (exact) mass is 264 g/mol. The van der Waals surface area contributed by atoms with Crippen molar-refractivity contribution in [3.05, 3.63) is 47.7 Å². The van der Waals surface area contributed by atoms with Crippen molar-refractivity contribution in [2.24, 2.45) is 0 Å². The van der Waals surface area contributed by atoms with Gasteiger partial charge in [-0.2, -0.15) is 5.26 Å². The molecule has 4 heteroatoms. The smallest absolute Gasteiger partial charge is 0.151 e. The fourth-order valence-corrected chi connectivity index (χ4v) is 2.56. The van der Waals surface area contributed by atoms with Crippen LogP contribution < -0.4 is 9.80 Å². The summed E-state index contributed by atoms with van der Waals surface area (Å²) in [4.78, 5) is 8.95. The topological polar surface area (TPSA) is 43.2 Å². The molecule has 2 aromatic rings. The Labute approximate surface area is 118 Å². The third-order valence-corrected chi connectivity index (χ3v) is 3.63. The molecule has 0 atom stereocenters. The van der Waals surface area contributed by atoms with Crippen molar-refractivity contribution in [3.63, 3.8) is 0 Å². The summed E-state index contributed by atoms with van der Waals surface area (Å²) < 4.78 is 0. The van der Waals surface area contributed by atoms with Gasteiger partial charge in [-0.1, -0.05) is 12.1 Å². The number of nitriles is 1. The van der Waals surface area contributed by atoms with Crippen LogP contribution in [-0.2, 0) is 0 Å². The molecule has 0 bridgehead atoms. The van der Waals surface area contributed by atoms with Crippen LogP contribution in [-0.4, -0.2) is 25.1 Å². The molecule has 1 aromatic carbocycles. The van der Waals surface area contributed by atoms with Crippen LogP contribution in [0.1, 0.15) is 11.3 Å². The maximum absolute atomic E-state index is 9.31. The lowest BCUT2D eigenvalue weighted by molar-refractivity contribution is 0.811. The Morgan fingerprint density at radius 3 is 2.60 bits per heavy atom. The fourth-order valence-electron chi connectivity index (χ4n) is 2.56. The van der Waals surface area contributed by atoms with Crippen molar-refractivity contribution >= 4 is 17.2 Å². The van der Waals surface area contributed by atoms with Gasteiger partial charge in [0.15, 0.2) is 5.82 Å². The Morgan fingerprint density at radius 2 is 1.85 bits per heavy atom. The molecule has 0 amide bonds. The van der Waals surface area contributed by atoms with E-state index in [1.807, 2.05) is 31.2 Å². The maximum atomic E-state index is 9.31. The minimum Gasteiger partial charge on any atom is -0.371 e. The molecule has 4 nitrogen and oxygen atoms in total. The second-order valence-corrected chi connectivity index (χ2v) is 5.00. The zero-order valence-corrected chi connectivity index (χ0v) is 11.7. The minimum absolute atomic E-state index is 0.620. The van der Waals surface area contributed by atoms with Crippen molar-refractivity contribution in [2.75, 3.05) is 29.9 Å². The number of hydrogen-bond donors (Lipinski definition) is 0. The van der Waals surface area contributed by atoms with E-state index >= 15 is 0 Å². The summed E-state index contributed by atoms with van der Waals surface area (Å²) in [5, 5.41) is 9.31. The molecule has 0 saturated heterocycles. The zero-order valence-electron chi connectivity index (χ0n) is 11.7. The second kappa shape index (κ2) is 4.86. The van der Waals surface area contributed by atoms with Crippen LogP contribution in [0.3, 0.4) is 0 Å². The minimum atomic E-state index is 0.620. The Morgan fingerprint density at radius 1 is 1.10 bits per heavy atom. The average molecular weight is 264 g/mol. The summed E-state index contributed by atoms with van der Waals surface area (Å²) in [6.45, 7) is 3.70. The highest BCUT2D eigenvalue weighted by Crippen LogP contribution is 2.37. The first-order valence-electron chi connectivity index (χ1n) is 6.66. The van der Waals surface area contributed by atoms with Crippen molar-refractivity contribution in [2.45, 2.75) is 6.92 Å². The molecule has 1 aliphatic rings. The van der Waals surface area contributed by atoms with Crippen molar-refractivity contribution in [3.8, 4) is 6.07 Å². The number of aromatic nitrogens is 1. The van der Waals surface area contributed by atoms with Gasteiger partial charge in [-0.3, -0.25) is 0 Å². The van der Waals surface area contributed by atoms with Crippen LogP contribution in [0.5, 0.6) is 0 Å². The van der Waals surface area contributed by atoms with Crippen molar-refractivity contribution in [1.29, 1.82) is 5.26 Å². The SMILES string of the molecule is Cc1ccc(C#N)c(N2CCN(C)c3ccccc32)n1. The fraction of sp³-hybridized carbons (Fsp3) is 0.250. The van der Waals surface area contributed by atoms with Gasteiger partial charge in [0.25, 0.3) is 0 Å². The largest absolute Gasteiger partial charge is 0.371 e. The lowest BCUT2D eigenvalue weighted by Crippen LogP contribution is -2.37. The van der Waals surface area contributed by atoms with E-state index < -0.39 is 0 Å². The molecule has 1 aromatic heterocycles. The lowest BCUT2D eigenvalue weighted by atomic mass is 10.1. The highest BCUT2D eigenvalue weighted by molar-refractivity contribution is 5.79. The number of rotatable bonds is 1. The standard InChI is InChI=1S/C16H16N4/c1-12-7-8-13(11-17)16(18-12)20-10-9-19(2)14-5-3-4-6-15(14)20/h3-8H,9-10H2,1-2H3. The number of hydrogen-bond acceptors (Lipinski definition) is 4. The molecule has 0 unspecified atom stereocenters. The molecule has 0 fully saturated rings. The Hall–Kier alpha value is -2.54. The van der Waals surface area contributed by atoms with Gasteiger partial charge >= 0.3 is 0 Å². The number of nitrogens with zero attached hydrogens (tertiary/aromatic N) is 4. The quantitative estimate of drug-likeness (QED) is 0.794. The zero-order chi connectivity index (χ0) is 14.1. The van der Waals surface area contributed by atoms with E-state index in [9.17, 15) is 5.26 Å². The Balaban J connectivity index is 2.15. The van der Waals surface area contributed by atoms with Crippen molar-refractivity contribution < 1.29 is 0 Å². The predicted molar refractivity (Wildman–Crippen MR) is 80.4 cm³/mol. The van der Waals surface area contributed by atoms with Gasteiger partial charge in [-0.25, -0.2) is 4.98 Å². The number of fused-ring (bicyclic) bond motifs is 1. The third-order valence-electron chi connectivity index (χ3n) is 3.63. The molecule has 2 heterocycles. The summed E-state index contributed by atoms with van der Waals surface area (Å²) in [5.74, 6) is 0.757. The molecule has 100 valence electrons. The Kier molecular flexibility index (Phi) is 3.03. The van der Waals surface area contributed by atoms with Gasteiger partial charge in [-0.15, -0.1) is 0 Å². The van der Waals surface area contributed by atoms with Crippen LogP contribution in [0.25, 0.3) is 0 Å². The van der Waals surface area contributed by atoms with Crippen LogP contribution in [0.2, 0.25) is 0 Å². The van der Waals surface area contributed by atoms with E-state index in [-0.39, 0.29) is 0 Å². The van der Waals surface area contributed by atoms with E-state index in [4.69, 9.17) is 0 Å². The van der Waals surface area contributed by atoms with E-state index in [0.29, 0.717) is 5.56 Å². The lowest BCUT2D eigenvalue weighted by Gasteiger charge is -2.36. The predicted octanol–water partition coefficient (Wildman–Crippen LogP) is 2.85. The van der Waals surface area contributed by atoms with Gasteiger partial charge in [-0.05, 0) is 31.2 Å². The summed E-state index contributed by atoms with van der Waals surface area (Å²) in [6.07, 6.45) is 0. The van der Waals surface area contributed by atoms with Gasteiger partial charge < -0.3 is 9.80 Å². The summed E-state index contributed by atoms with van der Waals surface area (Å²) in [7, 11) is 2.09. The van der Waals surface area contributed by atoms with Crippen LogP contribution in [0.15, 0.2) is 36.4 Å². The molecule has 0 spiro atoms. The summed E-state index contributed by atoms with van der Waals surface area (Å²) in [6, 6.07) is 14.2. The van der Waals surface area contributed by atoms with Crippen LogP contribution >= 0.6 is 0 Å². The van der Waals surface area contributed by atoms with Gasteiger partial charge in [0, 0.05) is 25.8 Å². The number of pyridine rings is 1. The van der Waals surface area contributed by atoms with E-state index in [1.165, 1.54) is 5.69 Å². The van der Waals surface area contributed by atoms with Gasteiger partial charge in [0.05, 0.1) is 16.9 Å². The van der Waals surface area contributed by atoms with Crippen molar-refractivity contribution in [1.82, 2.24) is 4.98 Å². The number of para-hydroxylation sites is 2. The van der Waals surface area contributed by atoms with E-state index in [2.05, 4.69) is 40.0 Å². The molecule has 0 aliphatic carbocycles. The van der Waals surface area contributed by atoms with Gasteiger partial charge in [0.1, 0.15) is 6.07 Å². The average Bonchev–Trinajstić information content (AvgIpc) is 2.48. The third kappa shape index (κ3) is 1.97. The highest BCUT2D eigenvalue weighted by Gasteiger charge is 2.23. The molecule has 1 aliphatic heterocycles. The number of benzene rings is 1. The van der Waals surface area contributed by atoms with E-state index in [0.717, 1.165) is 30.3 Å². The Bertz CT molecular complexity index is 687. The molecule has 3 rings (SSSR count). The van der Waals surface area contributed by atoms with E-state index in [1.54, 1.807) is 0 Å².